The van der Waals surface area contributed by atoms with Gasteiger partial charge < -0.3 is 14.8 Å². The average Bonchev–Trinajstić information content (AvgIpc) is 3.47. The zero-order valence-corrected chi connectivity index (χ0v) is 18.5. The van der Waals surface area contributed by atoms with E-state index in [-0.39, 0.29) is 17.8 Å². The van der Waals surface area contributed by atoms with Crippen molar-refractivity contribution in [2.75, 3.05) is 26.0 Å². The van der Waals surface area contributed by atoms with Crippen LogP contribution in [0.4, 0.5) is 0 Å². The summed E-state index contributed by atoms with van der Waals surface area (Å²) in [4.78, 5) is 12.4. The molecule has 4 rings (SSSR count). The molecule has 0 radical (unpaired) electrons. The van der Waals surface area contributed by atoms with Crippen LogP contribution in [0.1, 0.15) is 18.4 Å². The fourth-order valence-corrected chi connectivity index (χ4v) is 4.31. The number of rotatable bonds is 8. The molecule has 0 aliphatic carbocycles. The fraction of sp³-hybridized carbons (Fsp3) is 0.348. The van der Waals surface area contributed by atoms with Gasteiger partial charge in [0.25, 0.3) is 0 Å². The molecule has 1 aromatic heterocycles. The number of hydrogen-bond donors (Lipinski definition) is 1. The Bertz CT molecular complexity index is 1030. The highest BCUT2D eigenvalue weighted by molar-refractivity contribution is 7.99. The zero-order chi connectivity index (χ0) is 21.6. The van der Waals surface area contributed by atoms with Crippen LogP contribution in [0.25, 0.3) is 17.1 Å². The molecule has 3 aromatic rings. The van der Waals surface area contributed by atoms with E-state index >= 15 is 0 Å². The van der Waals surface area contributed by atoms with E-state index in [1.54, 1.807) is 7.11 Å². The topological polar surface area (TPSA) is 78.3 Å². The van der Waals surface area contributed by atoms with E-state index in [9.17, 15) is 4.79 Å². The molecular formula is C23H26N4O3S. The van der Waals surface area contributed by atoms with Gasteiger partial charge in [0, 0.05) is 18.7 Å². The van der Waals surface area contributed by atoms with E-state index < -0.39 is 0 Å². The summed E-state index contributed by atoms with van der Waals surface area (Å²) in [6, 6.07) is 15.8. The van der Waals surface area contributed by atoms with Gasteiger partial charge >= 0.3 is 0 Å². The lowest BCUT2D eigenvalue weighted by Crippen LogP contribution is -2.32. The number of amides is 1. The number of nitrogens with zero attached hydrogens (tertiary/aromatic N) is 3. The van der Waals surface area contributed by atoms with Crippen molar-refractivity contribution in [3.63, 3.8) is 0 Å². The van der Waals surface area contributed by atoms with E-state index in [1.165, 1.54) is 11.8 Å². The number of hydrogen-bond acceptors (Lipinski definition) is 6. The highest BCUT2D eigenvalue weighted by Gasteiger charge is 2.20. The van der Waals surface area contributed by atoms with Gasteiger partial charge in [-0.2, -0.15) is 0 Å². The number of para-hydroxylation sites is 1. The van der Waals surface area contributed by atoms with Crippen LogP contribution in [0.15, 0.2) is 53.7 Å². The number of nitrogens with one attached hydrogen (secondary N) is 1. The first-order chi connectivity index (χ1) is 15.2. The molecule has 1 fully saturated rings. The number of thioether (sulfide) groups is 1. The van der Waals surface area contributed by atoms with Crippen molar-refractivity contribution in [3.8, 4) is 22.8 Å². The van der Waals surface area contributed by atoms with Crippen LogP contribution in [-0.4, -0.2) is 52.8 Å². The number of methoxy groups -OCH3 is 1. The summed E-state index contributed by atoms with van der Waals surface area (Å²) in [7, 11) is 1.64. The number of ether oxygens (including phenoxy) is 2. The minimum absolute atomic E-state index is 0.0363. The predicted molar refractivity (Wildman–Crippen MR) is 121 cm³/mol. The van der Waals surface area contributed by atoms with Crippen molar-refractivity contribution < 1.29 is 14.3 Å². The first-order valence-corrected chi connectivity index (χ1v) is 11.3. The molecule has 7 nitrogen and oxygen atoms in total. The minimum atomic E-state index is -0.0363. The standard InChI is InChI=1S/C23H26N4O3S/c1-16-6-3-4-8-20(16)27-22(17-9-11-18(29-2)12-10-17)25-26-23(27)31-15-21(28)24-14-19-7-5-13-30-19/h3-4,6,8-12,19H,5,7,13-15H2,1-2H3,(H,24,28). The molecular weight excluding hydrogens is 412 g/mol. The Morgan fingerprint density at radius 1 is 1.23 bits per heavy atom. The van der Waals surface area contributed by atoms with Gasteiger partial charge in [0.15, 0.2) is 11.0 Å². The van der Waals surface area contributed by atoms with Crippen LogP contribution in [0.3, 0.4) is 0 Å². The maximum Gasteiger partial charge on any atom is 0.230 e. The summed E-state index contributed by atoms with van der Waals surface area (Å²) < 4.78 is 12.8. The molecule has 1 amide bonds. The number of benzene rings is 2. The quantitative estimate of drug-likeness (QED) is 0.541. The van der Waals surface area contributed by atoms with E-state index in [1.807, 2.05) is 47.0 Å². The van der Waals surface area contributed by atoms with Gasteiger partial charge in [0.1, 0.15) is 5.75 Å². The van der Waals surface area contributed by atoms with Crippen LogP contribution in [-0.2, 0) is 9.53 Å². The van der Waals surface area contributed by atoms with Crippen LogP contribution in [0.2, 0.25) is 0 Å². The van der Waals surface area contributed by atoms with Gasteiger partial charge in [-0.15, -0.1) is 10.2 Å². The minimum Gasteiger partial charge on any atom is -0.497 e. The molecule has 1 atom stereocenters. The van der Waals surface area contributed by atoms with E-state index in [4.69, 9.17) is 9.47 Å². The van der Waals surface area contributed by atoms with E-state index in [2.05, 4.69) is 28.5 Å². The summed E-state index contributed by atoms with van der Waals surface area (Å²) in [6.45, 7) is 3.39. The summed E-state index contributed by atoms with van der Waals surface area (Å²) in [5.41, 5.74) is 3.01. The maximum absolute atomic E-state index is 12.4. The second-order valence-corrected chi connectivity index (χ2v) is 8.33. The lowest BCUT2D eigenvalue weighted by molar-refractivity contribution is -0.119. The molecule has 1 aliphatic heterocycles. The molecule has 0 saturated carbocycles. The van der Waals surface area contributed by atoms with Crippen LogP contribution in [0, 0.1) is 6.92 Å². The second-order valence-electron chi connectivity index (χ2n) is 7.38. The Labute approximate surface area is 186 Å². The molecule has 0 spiro atoms. The number of carbonyl (C=O) groups is 1. The molecule has 1 aliphatic rings. The molecule has 1 unspecified atom stereocenters. The Morgan fingerprint density at radius 2 is 2.03 bits per heavy atom. The van der Waals surface area contributed by atoms with Crippen molar-refractivity contribution in [1.29, 1.82) is 0 Å². The van der Waals surface area contributed by atoms with Gasteiger partial charge in [0.05, 0.1) is 24.7 Å². The summed E-state index contributed by atoms with van der Waals surface area (Å²) in [6.07, 6.45) is 2.19. The molecule has 8 heteroatoms. The first kappa shape index (κ1) is 21.4. The zero-order valence-electron chi connectivity index (χ0n) is 17.7. The van der Waals surface area contributed by atoms with E-state index in [0.717, 1.165) is 47.8 Å². The third-order valence-corrected chi connectivity index (χ3v) is 6.15. The maximum atomic E-state index is 12.4. The monoisotopic (exact) mass is 438 g/mol. The van der Waals surface area contributed by atoms with Crippen LogP contribution < -0.4 is 10.1 Å². The Hall–Kier alpha value is -2.84. The SMILES string of the molecule is COc1ccc(-c2nnc(SCC(=O)NCC3CCCO3)n2-c2ccccc2C)cc1. The van der Waals surface area contributed by atoms with Gasteiger partial charge in [-0.05, 0) is 55.7 Å². The molecule has 1 N–H and O–H groups in total. The van der Waals surface area contributed by atoms with Gasteiger partial charge in [-0.1, -0.05) is 30.0 Å². The Balaban J connectivity index is 1.56. The number of aryl methyl sites for hydroxylation is 1. The van der Waals surface area contributed by atoms with Crippen molar-refractivity contribution in [2.24, 2.45) is 0 Å². The number of aromatic nitrogens is 3. The lowest BCUT2D eigenvalue weighted by atomic mass is 10.1. The summed E-state index contributed by atoms with van der Waals surface area (Å²) in [5, 5.41) is 12.5. The van der Waals surface area contributed by atoms with Crippen molar-refractivity contribution >= 4 is 17.7 Å². The third-order valence-electron chi connectivity index (χ3n) is 5.22. The van der Waals surface area contributed by atoms with Gasteiger partial charge in [-0.25, -0.2) is 0 Å². The average molecular weight is 439 g/mol. The number of carbonyl (C=O) groups excluding carboxylic acids is 1. The van der Waals surface area contributed by atoms with Crippen LogP contribution in [0.5, 0.6) is 5.75 Å². The summed E-state index contributed by atoms with van der Waals surface area (Å²) >= 11 is 1.38. The van der Waals surface area contributed by atoms with Crippen molar-refractivity contribution in [2.45, 2.75) is 31.0 Å². The molecule has 2 heterocycles. The molecule has 0 bridgehead atoms. The lowest BCUT2D eigenvalue weighted by Gasteiger charge is -2.13. The fourth-order valence-electron chi connectivity index (χ4n) is 3.54. The summed E-state index contributed by atoms with van der Waals surface area (Å²) in [5.74, 6) is 1.73. The van der Waals surface area contributed by atoms with E-state index in [0.29, 0.717) is 11.7 Å². The molecule has 162 valence electrons. The Morgan fingerprint density at radius 3 is 2.74 bits per heavy atom. The predicted octanol–water partition coefficient (Wildman–Crippen LogP) is 3.64. The highest BCUT2D eigenvalue weighted by Crippen LogP contribution is 2.30. The first-order valence-electron chi connectivity index (χ1n) is 10.3. The van der Waals surface area contributed by atoms with Gasteiger partial charge in [0.2, 0.25) is 5.91 Å². The van der Waals surface area contributed by atoms with Crippen molar-refractivity contribution in [3.05, 3.63) is 54.1 Å². The largest absolute Gasteiger partial charge is 0.497 e. The van der Waals surface area contributed by atoms with Crippen LogP contribution >= 0.6 is 11.8 Å². The molecule has 1 saturated heterocycles. The normalized spacial score (nSPS) is 15.7. The Kier molecular flexibility index (Phi) is 6.89. The van der Waals surface area contributed by atoms with Gasteiger partial charge in [-0.3, -0.25) is 9.36 Å². The molecule has 2 aromatic carbocycles. The highest BCUT2D eigenvalue weighted by atomic mass is 32.2. The smallest absolute Gasteiger partial charge is 0.230 e. The second kappa shape index (κ2) is 9.98. The van der Waals surface area contributed by atoms with Crippen molar-refractivity contribution in [1.82, 2.24) is 20.1 Å². The third kappa shape index (κ3) is 5.08. The molecule has 31 heavy (non-hydrogen) atoms.